The first-order valence-electron chi connectivity index (χ1n) is 9.56. The Morgan fingerprint density at radius 3 is 2.42 bits per heavy atom. The van der Waals surface area contributed by atoms with E-state index < -0.39 is 23.9 Å². The molecule has 0 aliphatic carbocycles. The Morgan fingerprint density at radius 1 is 1.03 bits per heavy atom. The third kappa shape index (κ3) is 3.67. The van der Waals surface area contributed by atoms with Gasteiger partial charge in [-0.25, -0.2) is 4.90 Å². The maximum atomic E-state index is 13.1. The molecule has 160 valence electrons. The number of ether oxygens (including phenoxy) is 2. The topological polar surface area (TPSA) is 113 Å². The van der Waals surface area contributed by atoms with Crippen LogP contribution in [0.5, 0.6) is 11.5 Å². The summed E-state index contributed by atoms with van der Waals surface area (Å²) >= 11 is 0. The van der Waals surface area contributed by atoms with E-state index in [0.29, 0.717) is 22.9 Å². The summed E-state index contributed by atoms with van der Waals surface area (Å²) in [5.41, 5.74) is 2.03. The van der Waals surface area contributed by atoms with Crippen LogP contribution >= 0.6 is 0 Å². The van der Waals surface area contributed by atoms with E-state index in [2.05, 4.69) is 15.7 Å². The molecule has 4 rings (SSSR count). The van der Waals surface area contributed by atoms with Crippen molar-refractivity contribution in [3.8, 4) is 11.5 Å². The fourth-order valence-corrected chi connectivity index (χ4v) is 3.56. The minimum absolute atomic E-state index is 0.211. The van der Waals surface area contributed by atoms with Gasteiger partial charge >= 0.3 is 0 Å². The number of nitrogens with one attached hydrogen (secondary N) is 1. The van der Waals surface area contributed by atoms with Crippen LogP contribution in [0.4, 0.5) is 11.4 Å². The van der Waals surface area contributed by atoms with Gasteiger partial charge in [0.25, 0.3) is 11.8 Å². The number of fused-ring (bicyclic) bond motifs is 1. The summed E-state index contributed by atoms with van der Waals surface area (Å²) in [6, 6.07) is 10.1. The molecule has 0 spiro atoms. The summed E-state index contributed by atoms with van der Waals surface area (Å²) in [5.74, 6) is -0.524. The fraction of sp³-hybridized carbons (Fsp3) is 0.286. The summed E-state index contributed by atoms with van der Waals surface area (Å²) in [4.78, 5) is 39.4. The predicted octanol–water partition coefficient (Wildman–Crippen LogP) is 1.94. The van der Waals surface area contributed by atoms with E-state index in [9.17, 15) is 14.4 Å². The van der Waals surface area contributed by atoms with Gasteiger partial charge in [0.1, 0.15) is 6.54 Å². The zero-order chi connectivity index (χ0) is 22.1. The quantitative estimate of drug-likeness (QED) is 0.711. The molecule has 31 heavy (non-hydrogen) atoms. The molecule has 2 aliphatic rings. The predicted molar refractivity (Wildman–Crippen MR) is 111 cm³/mol. The third-order valence-electron chi connectivity index (χ3n) is 5.12. The molecule has 0 bridgehead atoms. The molecule has 10 heteroatoms. The van der Waals surface area contributed by atoms with Crippen molar-refractivity contribution in [1.82, 2.24) is 5.01 Å². The summed E-state index contributed by atoms with van der Waals surface area (Å²) < 4.78 is 10.5. The number of carbonyl (C=O) groups is 3. The normalized spacial score (nSPS) is 19.6. The molecule has 2 aromatic rings. The van der Waals surface area contributed by atoms with E-state index in [-0.39, 0.29) is 12.5 Å². The first kappa shape index (κ1) is 20.3. The van der Waals surface area contributed by atoms with E-state index in [1.807, 2.05) is 19.1 Å². The van der Waals surface area contributed by atoms with Crippen molar-refractivity contribution >= 4 is 29.1 Å². The van der Waals surface area contributed by atoms with Crippen LogP contribution in [0.3, 0.4) is 0 Å². The van der Waals surface area contributed by atoms with Crippen molar-refractivity contribution in [3.05, 3.63) is 48.0 Å². The van der Waals surface area contributed by atoms with Crippen molar-refractivity contribution < 1.29 is 23.9 Å². The van der Waals surface area contributed by atoms with Gasteiger partial charge in [-0.3, -0.25) is 19.4 Å². The molecule has 2 unspecified atom stereocenters. The Balaban J connectivity index is 1.50. The van der Waals surface area contributed by atoms with Crippen LogP contribution in [0.1, 0.15) is 5.56 Å². The van der Waals surface area contributed by atoms with Crippen molar-refractivity contribution in [2.45, 2.75) is 19.0 Å². The Labute approximate surface area is 178 Å². The number of benzene rings is 2. The van der Waals surface area contributed by atoms with Crippen LogP contribution in [0, 0.1) is 6.92 Å². The summed E-state index contributed by atoms with van der Waals surface area (Å²) in [7, 11) is 2.96. The number of hydrogen-bond acceptors (Lipinski definition) is 8. The Kier molecular flexibility index (Phi) is 5.28. The highest BCUT2D eigenvalue weighted by atomic mass is 16.5. The monoisotopic (exact) mass is 423 g/mol. The van der Waals surface area contributed by atoms with Gasteiger partial charge in [-0.15, -0.1) is 0 Å². The van der Waals surface area contributed by atoms with Gasteiger partial charge in [0, 0.05) is 11.8 Å². The van der Waals surface area contributed by atoms with Gasteiger partial charge in [-0.2, -0.15) is 5.11 Å². The molecule has 1 saturated heterocycles. The largest absolute Gasteiger partial charge is 0.493 e. The van der Waals surface area contributed by atoms with Crippen LogP contribution in [-0.4, -0.2) is 55.6 Å². The average molecular weight is 423 g/mol. The zero-order valence-corrected chi connectivity index (χ0v) is 17.2. The second kappa shape index (κ2) is 8.05. The van der Waals surface area contributed by atoms with E-state index >= 15 is 0 Å². The van der Waals surface area contributed by atoms with Crippen LogP contribution in [-0.2, 0) is 14.4 Å². The van der Waals surface area contributed by atoms with Crippen LogP contribution in [0.25, 0.3) is 0 Å². The maximum absolute atomic E-state index is 13.1. The van der Waals surface area contributed by atoms with E-state index in [1.165, 1.54) is 19.2 Å². The number of aryl methyl sites for hydroxylation is 1. The lowest BCUT2D eigenvalue weighted by molar-refractivity contribution is -0.123. The number of nitrogens with zero attached hydrogens (tertiary/aromatic N) is 4. The average Bonchev–Trinajstić information content (AvgIpc) is 3.28. The summed E-state index contributed by atoms with van der Waals surface area (Å²) in [6.45, 7) is 1.74. The third-order valence-corrected chi connectivity index (χ3v) is 5.12. The van der Waals surface area contributed by atoms with Crippen molar-refractivity contribution in [3.63, 3.8) is 0 Å². The number of anilines is 2. The number of amides is 3. The lowest BCUT2D eigenvalue weighted by atomic mass is 10.1. The minimum Gasteiger partial charge on any atom is -0.493 e. The van der Waals surface area contributed by atoms with Gasteiger partial charge in [0.05, 0.1) is 19.9 Å². The zero-order valence-electron chi connectivity index (χ0n) is 17.2. The lowest BCUT2D eigenvalue weighted by Gasteiger charge is -2.20. The SMILES string of the molecule is COc1ccc(N2C(=O)C3N=NN(CC(=O)Nc4ccc(C)cc4)C3C2=O)cc1OC. The molecule has 2 aliphatic heterocycles. The second-order valence-corrected chi connectivity index (χ2v) is 7.16. The van der Waals surface area contributed by atoms with Crippen molar-refractivity contribution in [2.75, 3.05) is 31.0 Å². The molecule has 2 heterocycles. The highest BCUT2D eigenvalue weighted by Crippen LogP contribution is 2.36. The number of carbonyl (C=O) groups excluding carboxylic acids is 3. The molecule has 3 amide bonds. The highest BCUT2D eigenvalue weighted by Gasteiger charge is 2.55. The number of hydrogen-bond donors (Lipinski definition) is 1. The first-order valence-corrected chi connectivity index (χ1v) is 9.56. The molecule has 2 atom stereocenters. The molecular formula is C21H21N5O5. The van der Waals surface area contributed by atoms with Crippen LogP contribution in [0.15, 0.2) is 52.8 Å². The van der Waals surface area contributed by atoms with Gasteiger partial charge in [-0.1, -0.05) is 22.9 Å². The van der Waals surface area contributed by atoms with Crippen molar-refractivity contribution in [2.24, 2.45) is 10.3 Å². The van der Waals surface area contributed by atoms with E-state index in [0.717, 1.165) is 10.5 Å². The molecule has 1 fully saturated rings. The minimum atomic E-state index is -0.993. The van der Waals surface area contributed by atoms with E-state index in [4.69, 9.17) is 9.47 Å². The smallest absolute Gasteiger partial charge is 0.263 e. The number of methoxy groups -OCH3 is 2. The van der Waals surface area contributed by atoms with Crippen LogP contribution < -0.4 is 19.7 Å². The Hall–Kier alpha value is -3.95. The summed E-state index contributed by atoms with van der Waals surface area (Å²) in [6.07, 6.45) is 0. The van der Waals surface area contributed by atoms with Crippen molar-refractivity contribution in [1.29, 1.82) is 0 Å². The standard InChI is InChI=1S/C21H21N5O5/c1-12-4-6-13(7-5-12)22-17(27)11-25-19-18(23-24-25)20(28)26(21(19)29)14-8-9-15(30-2)16(10-14)31-3/h4-10,18-19H,11H2,1-3H3,(H,22,27). The number of rotatable bonds is 6. The van der Waals surface area contributed by atoms with Gasteiger partial charge in [-0.05, 0) is 31.2 Å². The fourth-order valence-electron chi connectivity index (χ4n) is 3.56. The van der Waals surface area contributed by atoms with Gasteiger partial charge in [0.2, 0.25) is 5.91 Å². The summed E-state index contributed by atoms with van der Waals surface area (Å²) in [5, 5.41) is 11.8. The Morgan fingerprint density at radius 2 is 1.74 bits per heavy atom. The molecule has 2 aromatic carbocycles. The number of imide groups is 1. The van der Waals surface area contributed by atoms with Crippen LogP contribution in [0.2, 0.25) is 0 Å². The van der Waals surface area contributed by atoms with Gasteiger partial charge in [0.15, 0.2) is 23.6 Å². The van der Waals surface area contributed by atoms with E-state index in [1.54, 1.807) is 30.3 Å². The molecule has 10 nitrogen and oxygen atoms in total. The highest BCUT2D eigenvalue weighted by molar-refractivity contribution is 6.25. The second-order valence-electron chi connectivity index (χ2n) is 7.16. The molecule has 1 N–H and O–H groups in total. The molecular weight excluding hydrogens is 402 g/mol. The molecule has 0 radical (unpaired) electrons. The molecule has 0 aromatic heterocycles. The maximum Gasteiger partial charge on any atom is 0.263 e. The van der Waals surface area contributed by atoms with Gasteiger partial charge < -0.3 is 14.8 Å². The first-order chi connectivity index (χ1) is 14.9. The Bertz CT molecular complexity index is 1070. The lowest BCUT2D eigenvalue weighted by Crippen LogP contribution is -2.43. The molecule has 0 saturated carbocycles.